The van der Waals surface area contributed by atoms with Crippen LogP contribution in [0.5, 0.6) is 0 Å². The van der Waals surface area contributed by atoms with Gasteiger partial charge < -0.3 is 10.6 Å². The molecule has 2 rings (SSSR count). The maximum Gasteiger partial charge on any atom is 0.261 e. The van der Waals surface area contributed by atoms with Crippen molar-refractivity contribution in [3.63, 3.8) is 0 Å². The maximum absolute atomic E-state index is 11.8. The van der Waals surface area contributed by atoms with Crippen LogP contribution >= 0.6 is 27.3 Å². The number of carbonyl (C=O) groups is 2. The summed E-state index contributed by atoms with van der Waals surface area (Å²) in [5, 5.41) is 5.18. The fourth-order valence-electron chi connectivity index (χ4n) is 1.48. The fraction of sp³-hybridized carbons (Fsp3) is 0.154. The summed E-state index contributed by atoms with van der Waals surface area (Å²) in [5.41, 5.74) is 1.00. The molecule has 104 valence electrons. The van der Waals surface area contributed by atoms with Crippen molar-refractivity contribution in [3.05, 3.63) is 44.7 Å². The lowest BCUT2D eigenvalue weighted by atomic mass is 10.3. The van der Waals surface area contributed by atoms with Gasteiger partial charge >= 0.3 is 0 Å². The van der Waals surface area contributed by atoms with Crippen LogP contribution < -0.4 is 10.6 Å². The van der Waals surface area contributed by atoms with Crippen LogP contribution in [-0.2, 0) is 4.79 Å². The SMILES string of the molecule is Cc1ccnc(NC(=O)CNC(=O)c2ccc(Br)s2)c1. The van der Waals surface area contributed by atoms with Crippen LogP contribution in [0.4, 0.5) is 5.82 Å². The van der Waals surface area contributed by atoms with Crippen LogP contribution in [0.25, 0.3) is 0 Å². The molecule has 0 saturated carbocycles. The molecule has 2 aromatic rings. The Morgan fingerprint density at radius 1 is 1.35 bits per heavy atom. The van der Waals surface area contributed by atoms with Crippen molar-refractivity contribution in [2.24, 2.45) is 0 Å². The van der Waals surface area contributed by atoms with Crippen LogP contribution in [0.1, 0.15) is 15.2 Å². The summed E-state index contributed by atoms with van der Waals surface area (Å²) < 4.78 is 0.871. The highest BCUT2D eigenvalue weighted by atomic mass is 79.9. The van der Waals surface area contributed by atoms with Crippen molar-refractivity contribution in [1.29, 1.82) is 0 Å². The number of thiophene rings is 1. The predicted octanol–water partition coefficient (Wildman–Crippen LogP) is 2.58. The van der Waals surface area contributed by atoms with Crippen LogP contribution in [0.15, 0.2) is 34.2 Å². The molecular weight excluding hydrogens is 342 g/mol. The zero-order valence-corrected chi connectivity index (χ0v) is 13.0. The van der Waals surface area contributed by atoms with Gasteiger partial charge in [0.2, 0.25) is 5.91 Å². The zero-order valence-electron chi connectivity index (χ0n) is 10.6. The molecule has 0 fully saturated rings. The molecule has 2 amide bonds. The van der Waals surface area contributed by atoms with Crippen molar-refractivity contribution >= 4 is 44.9 Å². The van der Waals surface area contributed by atoms with E-state index in [1.165, 1.54) is 11.3 Å². The lowest BCUT2D eigenvalue weighted by Crippen LogP contribution is -2.32. The monoisotopic (exact) mass is 353 g/mol. The number of hydrogen-bond donors (Lipinski definition) is 2. The number of carbonyl (C=O) groups excluding carboxylic acids is 2. The normalized spacial score (nSPS) is 10.1. The zero-order chi connectivity index (χ0) is 14.5. The smallest absolute Gasteiger partial charge is 0.261 e. The molecule has 0 aliphatic rings. The molecular formula is C13H12BrN3O2S. The highest BCUT2D eigenvalue weighted by molar-refractivity contribution is 9.11. The Hall–Kier alpha value is -1.73. The Morgan fingerprint density at radius 2 is 2.15 bits per heavy atom. The van der Waals surface area contributed by atoms with Gasteiger partial charge in [0.1, 0.15) is 5.82 Å². The average Bonchev–Trinajstić information content (AvgIpc) is 2.83. The number of nitrogens with one attached hydrogen (secondary N) is 2. The van der Waals surface area contributed by atoms with E-state index in [1.54, 1.807) is 24.4 Å². The highest BCUT2D eigenvalue weighted by Crippen LogP contribution is 2.21. The van der Waals surface area contributed by atoms with Gasteiger partial charge in [-0.05, 0) is 52.7 Å². The summed E-state index contributed by atoms with van der Waals surface area (Å²) >= 11 is 4.60. The second kappa shape index (κ2) is 6.62. The third-order valence-electron chi connectivity index (χ3n) is 2.39. The summed E-state index contributed by atoms with van der Waals surface area (Å²) in [6.07, 6.45) is 1.62. The topological polar surface area (TPSA) is 71.1 Å². The third-order valence-corrected chi connectivity index (χ3v) is 4.01. The van der Waals surface area contributed by atoms with Gasteiger partial charge in [-0.1, -0.05) is 0 Å². The van der Waals surface area contributed by atoms with Gasteiger partial charge in [-0.15, -0.1) is 11.3 Å². The van der Waals surface area contributed by atoms with Gasteiger partial charge in [0.15, 0.2) is 0 Å². The molecule has 0 aliphatic heterocycles. The fourth-order valence-corrected chi connectivity index (χ4v) is 2.78. The van der Waals surface area contributed by atoms with E-state index in [1.807, 2.05) is 13.0 Å². The molecule has 0 unspecified atom stereocenters. The van der Waals surface area contributed by atoms with E-state index in [2.05, 4.69) is 31.5 Å². The molecule has 0 bridgehead atoms. The van der Waals surface area contributed by atoms with Crippen molar-refractivity contribution in [1.82, 2.24) is 10.3 Å². The Kier molecular flexibility index (Phi) is 4.86. The Labute approximate surface area is 128 Å². The number of pyridine rings is 1. The lowest BCUT2D eigenvalue weighted by molar-refractivity contribution is -0.115. The molecule has 7 heteroatoms. The molecule has 0 spiro atoms. The van der Waals surface area contributed by atoms with Gasteiger partial charge in [0, 0.05) is 6.20 Å². The van der Waals surface area contributed by atoms with Gasteiger partial charge in [0.05, 0.1) is 15.2 Å². The van der Waals surface area contributed by atoms with E-state index in [-0.39, 0.29) is 18.4 Å². The third kappa shape index (κ3) is 4.14. The predicted molar refractivity (Wildman–Crippen MR) is 82.0 cm³/mol. The molecule has 0 atom stereocenters. The highest BCUT2D eigenvalue weighted by Gasteiger charge is 2.10. The van der Waals surface area contributed by atoms with E-state index in [0.717, 1.165) is 9.35 Å². The summed E-state index contributed by atoms with van der Waals surface area (Å²) in [6.45, 7) is 1.82. The minimum atomic E-state index is -0.313. The van der Waals surface area contributed by atoms with Crippen molar-refractivity contribution in [2.75, 3.05) is 11.9 Å². The molecule has 0 radical (unpaired) electrons. The maximum atomic E-state index is 11.8. The van der Waals surface area contributed by atoms with Crippen LogP contribution in [-0.4, -0.2) is 23.3 Å². The van der Waals surface area contributed by atoms with E-state index in [0.29, 0.717) is 10.7 Å². The number of aromatic nitrogens is 1. The molecule has 2 N–H and O–H groups in total. The van der Waals surface area contributed by atoms with Crippen molar-refractivity contribution in [3.8, 4) is 0 Å². The first kappa shape index (κ1) is 14.7. The Bertz CT molecular complexity index is 642. The molecule has 5 nitrogen and oxygen atoms in total. The number of hydrogen-bond acceptors (Lipinski definition) is 4. The second-order valence-electron chi connectivity index (χ2n) is 4.05. The molecule has 0 aliphatic carbocycles. The standard InChI is InChI=1S/C13H12BrN3O2S/c1-8-4-5-15-11(6-8)17-12(18)7-16-13(19)9-2-3-10(14)20-9/h2-6H,7H2,1H3,(H,16,19)(H,15,17,18). The van der Waals surface area contributed by atoms with Crippen molar-refractivity contribution in [2.45, 2.75) is 6.92 Å². The first-order chi connectivity index (χ1) is 9.54. The summed E-state index contributed by atoms with van der Waals surface area (Å²) in [4.78, 5) is 28.0. The van der Waals surface area contributed by atoms with Crippen LogP contribution in [0, 0.1) is 6.92 Å². The number of halogens is 1. The molecule has 20 heavy (non-hydrogen) atoms. The molecule has 0 saturated heterocycles. The van der Waals surface area contributed by atoms with E-state index < -0.39 is 0 Å². The first-order valence-corrected chi connectivity index (χ1v) is 7.41. The second-order valence-corrected chi connectivity index (χ2v) is 6.52. The Balaban J connectivity index is 1.85. The molecule has 0 aromatic carbocycles. The minimum Gasteiger partial charge on any atom is -0.342 e. The van der Waals surface area contributed by atoms with Gasteiger partial charge in [-0.3, -0.25) is 9.59 Å². The molecule has 2 heterocycles. The Morgan fingerprint density at radius 3 is 2.80 bits per heavy atom. The van der Waals surface area contributed by atoms with E-state index in [9.17, 15) is 9.59 Å². The number of aryl methyl sites for hydroxylation is 1. The van der Waals surface area contributed by atoms with Crippen LogP contribution in [0.3, 0.4) is 0 Å². The summed E-state index contributed by atoms with van der Waals surface area (Å²) in [6, 6.07) is 7.09. The number of amides is 2. The average molecular weight is 354 g/mol. The quantitative estimate of drug-likeness (QED) is 0.887. The number of rotatable bonds is 4. The van der Waals surface area contributed by atoms with E-state index in [4.69, 9.17) is 0 Å². The lowest BCUT2D eigenvalue weighted by Gasteiger charge is -2.06. The van der Waals surface area contributed by atoms with Crippen molar-refractivity contribution < 1.29 is 9.59 Å². The summed E-state index contributed by atoms with van der Waals surface area (Å²) in [5.74, 6) is -0.108. The molecule has 2 aromatic heterocycles. The van der Waals surface area contributed by atoms with Gasteiger partial charge in [-0.2, -0.15) is 0 Å². The largest absolute Gasteiger partial charge is 0.342 e. The number of nitrogens with zero attached hydrogens (tertiary/aromatic N) is 1. The van der Waals surface area contributed by atoms with E-state index >= 15 is 0 Å². The first-order valence-electron chi connectivity index (χ1n) is 5.80. The van der Waals surface area contributed by atoms with Crippen LogP contribution in [0.2, 0.25) is 0 Å². The van der Waals surface area contributed by atoms with Gasteiger partial charge in [-0.25, -0.2) is 4.98 Å². The number of anilines is 1. The summed E-state index contributed by atoms with van der Waals surface area (Å²) in [7, 11) is 0. The van der Waals surface area contributed by atoms with Gasteiger partial charge in [0.25, 0.3) is 5.91 Å². The minimum absolute atomic E-state index is 0.0933.